The zero-order valence-electron chi connectivity index (χ0n) is 25.4. The Bertz CT molecular complexity index is 1420. The molecular formula is C31H38N2O9S2. The minimum atomic E-state index is -1.77. The Balaban J connectivity index is 1.52. The first-order valence-electron chi connectivity index (χ1n) is 14.4. The fourth-order valence-corrected chi connectivity index (χ4v) is 8.94. The predicted molar refractivity (Wildman–Crippen MR) is 165 cm³/mol. The van der Waals surface area contributed by atoms with Crippen LogP contribution in [0.4, 0.5) is 0 Å². The van der Waals surface area contributed by atoms with Crippen LogP contribution in [0.1, 0.15) is 34.1 Å². The standard InChI is InChI=1S/C31H38N2O9S2/c1-7-15(2)24(35)16(3)25(36)17(4)27(38)42-21-11-12-41-14-18-13-30(43-5)28(39)33-23-19(9-8-10-20(23)34)26(37)31(33,44-6)29(40)32(30)22(18)21/h7-12,14,16-17,20-23,25-26,34,36-37H,13H2,1-6H3/b15-7+. The third-order valence-corrected chi connectivity index (χ3v) is 12.0. The molecule has 5 rings (SSSR count). The molecule has 3 N–H and O–H groups in total. The second-order valence-electron chi connectivity index (χ2n) is 11.7. The molecule has 4 aliphatic heterocycles. The Morgan fingerprint density at radius 3 is 2.43 bits per heavy atom. The van der Waals surface area contributed by atoms with Gasteiger partial charge >= 0.3 is 5.97 Å². The molecule has 0 bridgehead atoms. The molecule has 11 nitrogen and oxygen atoms in total. The molecule has 1 aliphatic carbocycles. The molecular weight excluding hydrogens is 608 g/mol. The molecule has 10 atom stereocenters. The summed E-state index contributed by atoms with van der Waals surface area (Å²) < 4.78 is 11.5. The number of amides is 2. The molecule has 4 heterocycles. The number of carbonyl (C=O) groups excluding carboxylic acids is 4. The molecule has 0 spiro atoms. The summed E-state index contributed by atoms with van der Waals surface area (Å²) in [7, 11) is 0. The second-order valence-corrected chi connectivity index (χ2v) is 13.8. The van der Waals surface area contributed by atoms with E-state index < -0.39 is 75.9 Å². The van der Waals surface area contributed by atoms with Crippen molar-refractivity contribution in [3.05, 3.63) is 59.6 Å². The average molecular weight is 647 g/mol. The Labute approximate surface area is 264 Å². The van der Waals surface area contributed by atoms with E-state index in [9.17, 15) is 34.5 Å². The van der Waals surface area contributed by atoms with Crippen molar-refractivity contribution in [3.63, 3.8) is 0 Å². The van der Waals surface area contributed by atoms with Crippen molar-refractivity contribution in [2.45, 2.75) is 80.4 Å². The molecule has 0 saturated carbocycles. The molecule has 0 aromatic heterocycles. The Morgan fingerprint density at radius 1 is 1.09 bits per heavy atom. The van der Waals surface area contributed by atoms with Crippen LogP contribution in [0.3, 0.4) is 0 Å². The van der Waals surface area contributed by atoms with Crippen LogP contribution in [0.25, 0.3) is 0 Å². The number of aliphatic hydroxyl groups excluding tert-OH is 3. The highest BCUT2D eigenvalue weighted by atomic mass is 32.2. The van der Waals surface area contributed by atoms with Gasteiger partial charge in [0.15, 0.2) is 15.5 Å². The number of nitrogens with zero attached hydrogens (tertiary/aromatic N) is 2. The molecule has 0 aromatic carbocycles. The van der Waals surface area contributed by atoms with Crippen molar-refractivity contribution in [1.29, 1.82) is 0 Å². The number of hydrogen-bond donors (Lipinski definition) is 3. The van der Waals surface area contributed by atoms with Crippen LogP contribution in [-0.4, -0.2) is 107 Å². The maximum Gasteiger partial charge on any atom is 0.311 e. The highest BCUT2D eigenvalue weighted by Gasteiger charge is 2.75. The topological polar surface area (TPSA) is 154 Å². The van der Waals surface area contributed by atoms with Gasteiger partial charge in [-0.1, -0.05) is 31.2 Å². The number of hydrogen-bond acceptors (Lipinski definition) is 11. The minimum Gasteiger partial charge on any atom is -0.473 e. The van der Waals surface area contributed by atoms with Crippen LogP contribution in [0.5, 0.6) is 0 Å². The fourth-order valence-electron chi connectivity index (χ4n) is 6.94. The summed E-state index contributed by atoms with van der Waals surface area (Å²) in [6, 6.07) is -1.89. The number of aliphatic hydroxyl groups is 3. The van der Waals surface area contributed by atoms with E-state index in [4.69, 9.17) is 9.47 Å². The molecule has 2 amide bonds. The number of ketones is 1. The molecule has 0 aromatic rings. The number of Topliss-reactive ketones (excluding diaryl/α,β-unsaturated/α-hetero) is 1. The van der Waals surface area contributed by atoms with Crippen LogP contribution < -0.4 is 0 Å². The van der Waals surface area contributed by atoms with E-state index in [1.165, 1.54) is 41.4 Å². The van der Waals surface area contributed by atoms with Crippen LogP contribution in [-0.2, 0) is 28.7 Å². The summed E-state index contributed by atoms with van der Waals surface area (Å²) in [6.45, 7) is 6.37. The summed E-state index contributed by atoms with van der Waals surface area (Å²) in [4.78, 5) is 55.1. The summed E-state index contributed by atoms with van der Waals surface area (Å²) >= 11 is 2.17. The Kier molecular flexibility index (Phi) is 8.75. The second kappa shape index (κ2) is 11.8. The normalized spacial score (nSPS) is 36.2. The maximum atomic E-state index is 14.8. The lowest BCUT2D eigenvalue weighted by molar-refractivity contribution is -0.174. The van der Waals surface area contributed by atoms with Crippen molar-refractivity contribution < 1.29 is 44.0 Å². The molecule has 44 heavy (non-hydrogen) atoms. The van der Waals surface area contributed by atoms with E-state index in [-0.39, 0.29) is 12.2 Å². The zero-order valence-corrected chi connectivity index (χ0v) is 27.0. The lowest BCUT2D eigenvalue weighted by Crippen LogP contribution is -2.76. The van der Waals surface area contributed by atoms with Crippen molar-refractivity contribution in [2.24, 2.45) is 11.8 Å². The first-order valence-corrected chi connectivity index (χ1v) is 16.9. The summed E-state index contributed by atoms with van der Waals surface area (Å²) in [5, 5.41) is 33.5. The van der Waals surface area contributed by atoms with Gasteiger partial charge in [0.05, 0.1) is 42.7 Å². The summed E-state index contributed by atoms with van der Waals surface area (Å²) in [6.07, 6.45) is 9.03. The highest BCUT2D eigenvalue weighted by Crippen LogP contribution is 2.59. The first kappa shape index (κ1) is 32.6. The minimum absolute atomic E-state index is 0.0558. The van der Waals surface area contributed by atoms with Gasteiger partial charge in [-0.3, -0.25) is 19.2 Å². The number of fused-ring (bicyclic) bond motifs is 6. The van der Waals surface area contributed by atoms with Crippen molar-refractivity contribution >= 4 is 47.1 Å². The van der Waals surface area contributed by atoms with Crippen LogP contribution in [0, 0.1) is 11.8 Å². The fraction of sp³-hybridized carbons (Fsp3) is 0.548. The largest absolute Gasteiger partial charge is 0.473 e. The van der Waals surface area contributed by atoms with Crippen LogP contribution in [0.2, 0.25) is 0 Å². The van der Waals surface area contributed by atoms with Crippen molar-refractivity contribution in [3.8, 4) is 0 Å². The molecule has 10 unspecified atom stereocenters. The average Bonchev–Trinajstić information content (AvgIpc) is 3.43. The Hall–Kier alpha value is -2.84. The third-order valence-electron chi connectivity index (χ3n) is 9.56. The summed E-state index contributed by atoms with van der Waals surface area (Å²) in [5.74, 6) is -4.07. The molecule has 238 valence electrons. The number of ether oxygens (including phenoxy) is 2. The molecule has 13 heteroatoms. The number of carbonyl (C=O) groups is 4. The quantitative estimate of drug-likeness (QED) is 0.261. The first-order chi connectivity index (χ1) is 20.8. The van der Waals surface area contributed by atoms with Gasteiger partial charge in [0, 0.05) is 12.3 Å². The third kappa shape index (κ3) is 4.45. The smallest absolute Gasteiger partial charge is 0.311 e. The molecule has 5 aliphatic rings. The lowest BCUT2D eigenvalue weighted by Gasteiger charge is -2.54. The van der Waals surface area contributed by atoms with Gasteiger partial charge in [-0.15, -0.1) is 23.5 Å². The highest BCUT2D eigenvalue weighted by molar-refractivity contribution is 8.01. The Morgan fingerprint density at radius 2 is 1.80 bits per heavy atom. The van der Waals surface area contributed by atoms with E-state index in [1.807, 2.05) is 0 Å². The number of thioether (sulfide) groups is 2. The molecule has 3 fully saturated rings. The number of allylic oxidation sites excluding steroid dienone is 4. The van der Waals surface area contributed by atoms with Gasteiger partial charge in [-0.2, -0.15) is 0 Å². The van der Waals surface area contributed by atoms with Gasteiger partial charge in [0.1, 0.15) is 12.2 Å². The molecule has 0 radical (unpaired) electrons. The number of rotatable bonds is 8. The van der Waals surface area contributed by atoms with E-state index >= 15 is 0 Å². The SMILES string of the molecule is C/C=C(\C)C(=O)C(C)C(O)C(C)C(=O)OC1C=COC=C2CC3(SC)C(=O)N4C5C(=CC=CC5O)C(O)C4(SC)C(=O)N3C21. The van der Waals surface area contributed by atoms with Gasteiger partial charge in [-0.05, 0) is 56.1 Å². The van der Waals surface area contributed by atoms with E-state index in [1.54, 1.807) is 51.5 Å². The lowest BCUT2D eigenvalue weighted by atomic mass is 9.87. The number of piperazine rings is 1. The van der Waals surface area contributed by atoms with E-state index in [0.29, 0.717) is 16.7 Å². The van der Waals surface area contributed by atoms with Crippen molar-refractivity contribution in [1.82, 2.24) is 9.80 Å². The van der Waals surface area contributed by atoms with Gasteiger partial charge in [0.25, 0.3) is 11.8 Å². The van der Waals surface area contributed by atoms with E-state index in [0.717, 1.165) is 23.5 Å². The summed E-state index contributed by atoms with van der Waals surface area (Å²) in [5.41, 5.74) is 1.36. The zero-order chi connectivity index (χ0) is 32.3. The maximum absolute atomic E-state index is 14.8. The van der Waals surface area contributed by atoms with Gasteiger partial charge in [-0.25, -0.2) is 0 Å². The van der Waals surface area contributed by atoms with E-state index in [2.05, 4.69) is 0 Å². The van der Waals surface area contributed by atoms with Gasteiger partial charge in [0.2, 0.25) is 0 Å². The van der Waals surface area contributed by atoms with Gasteiger partial charge < -0.3 is 34.6 Å². The molecule has 3 saturated heterocycles. The van der Waals surface area contributed by atoms with Crippen LogP contribution in [0.15, 0.2) is 59.6 Å². The number of esters is 1. The monoisotopic (exact) mass is 646 g/mol. The predicted octanol–water partition coefficient (Wildman–Crippen LogP) is 1.66. The van der Waals surface area contributed by atoms with Crippen molar-refractivity contribution in [2.75, 3.05) is 12.5 Å². The van der Waals surface area contributed by atoms with Crippen LogP contribution >= 0.6 is 23.5 Å².